The summed E-state index contributed by atoms with van der Waals surface area (Å²) in [4.78, 5) is 25.2. The molecule has 0 heterocycles. The van der Waals surface area contributed by atoms with Crippen LogP contribution in [0.2, 0.25) is 0 Å². The summed E-state index contributed by atoms with van der Waals surface area (Å²) < 4.78 is 4.84. The second-order valence-corrected chi connectivity index (χ2v) is 5.06. The zero-order valence-corrected chi connectivity index (χ0v) is 13.7. The molecule has 1 aromatic carbocycles. The molecule has 0 aromatic heterocycles. The Morgan fingerprint density at radius 3 is 2.59 bits per heavy atom. The molecule has 0 aliphatic heterocycles. The topological polar surface area (TPSA) is 58.6 Å². The molecule has 1 N–H and O–H groups in total. The zero-order chi connectivity index (χ0) is 16.4. The van der Waals surface area contributed by atoms with Gasteiger partial charge in [-0.25, -0.2) is 0 Å². The number of ether oxygens (including phenoxy) is 1. The molecule has 0 saturated heterocycles. The summed E-state index contributed by atoms with van der Waals surface area (Å²) in [6.07, 6.45) is 0.935. The van der Waals surface area contributed by atoms with Gasteiger partial charge in [-0.3, -0.25) is 9.59 Å². The van der Waals surface area contributed by atoms with E-state index in [4.69, 9.17) is 4.74 Å². The van der Waals surface area contributed by atoms with E-state index in [-0.39, 0.29) is 11.9 Å². The van der Waals surface area contributed by atoms with Crippen LogP contribution in [0.25, 0.3) is 0 Å². The van der Waals surface area contributed by atoms with Crippen LogP contribution in [0.3, 0.4) is 0 Å². The summed E-state index contributed by atoms with van der Waals surface area (Å²) >= 11 is 0. The lowest BCUT2D eigenvalue weighted by Crippen LogP contribution is -2.38. The van der Waals surface area contributed by atoms with Gasteiger partial charge >= 0.3 is 5.97 Å². The lowest BCUT2D eigenvalue weighted by atomic mass is 10.2. The number of aryl methyl sites for hydroxylation is 1. The van der Waals surface area contributed by atoms with Gasteiger partial charge in [0.2, 0.25) is 5.91 Å². The van der Waals surface area contributed by atoms with Crippen LogP contribution in [0, 0.1) is 6.92 Å². The van der Waals surface area contributed by atoms with Gasteiger partial charge in [-0.1, -0.05) is 18.2 Å². The molecule has 0 aliphatic rings. The van der Waals surface area contributed by atoms with Crippen molar-refractivity contribution in [3.05, 3.63) is 29.8 Å². The van der Waals surface area contributed by atoms with Crippen molar-refractivity contribution in [1.82, 2.24) is 5.32 Å². The lowest BCUT2D eigenvalue weighted by molar-refractivity contribution is -0.143. The number of anilines is 1. The first-order valence-corrected chi connectivity index (χ1v) is 7.81. The number of nitrogens with one attached hydrogen (secondary N) is 1. The molecule has 0 aliphatic carbocycles. The van der Waals surface area contributed by atoms with Crippen molar-refractivity contribution in [3.63, 3.8) is 0 Å². The van der Waals surface area contributed by atoms with Crippen LogP contribution in [0.15, 0.2) is 24.3 Å². The summed E-state index contributed by atoms with van der Waals surface area (Å²) in [5, 5.41) is 2.85. The van der Waals surface area contributed by atoms with Crippen molar-refractivity contribution in [3.8, 4) is 0 Å². The summed E-state index contributed by atoms with van der Waals surface area (Å²) in [5.74, 6) is -0.249. The van der Waals surface area contributed by atoms with Crippen LogP contribution in [-0.2, 0) is 14.3 Å². The van der Waals surface area contributed by atoms with Crippen molar-refractivity contribution in [2.45, 2.75) is 33.6 Å². The highest BCUT2D eigenvalue weighted by Crippen LogP contribution is 2.18. The van der Waals surface area contributed by atoms with E-state index in [1.54, 1.807) is 6.92 Å². The predicted octanol–water partition coefficient (Wildman–Crippen LogP) is 2.28. The molecule has 0 fully saturated rings. The molecule has 0 atom stereocenters. The van der Waals surface area contributed by atoms with Crippen LogP contribution in [-0.4, -0.2) is 38.1 Å². The average molecular weight is 306 g/mol. The quantitative estimate of drug-likeness (QED) is 0.562. The van der Waals surface area contributed by atoms with Gasteiger partial charge < -0.3 is 15.0 Å². The minimum atomic E-state index is -0.216. The number of likely N-dealkylation sites (N-methyl/N-ethyl adjacent to an activating group) is 1. The third kappa shape index (κ3) is 6.16. The van der Waals surface area contributed by atoms with E-state index in [1.807, 2.05) is 43.0 Å². The molecule has 0 bridgehead atoms. The fourth-order valence-corrected chi connectivity index (χ4v) is 2.21. The molecule has 1 amide bonds. The molecule has 5 heteroatoms. The Balaban J connectivity index is 2.37. The Bertz CT molecular complexity index is 489. The number of para-hydroxylation sites is 1. The first-order chi connectivity index (χ1) is 10.6. The zero-order valence-electron chi connectivity index (χ0n) is 13.7. The number of hydrogen-bond acceptors (Lipinski definition) is 4. The van der Waals surface area contributed by atoms with Gasteiger partial charge in [-0.15, -0.1) is 0 Å². The highest BCUT2D eigenvalue weighted by Gasteiger charge is 2.11. The number of nitrogens with zero attached hydrogens (tertiary/aromatic N) is 1. The van der Waals surface area contributed by atoms with E-state index in [0.29, 0.717) is 32.5 Å². The Morgan fingerprint density at radius 2 is 1.95 bits per heavy atom. The van der Waals surface area contributed by atoms with E-state index < -0.39 is 0 Å². The Labute approximate surface area is 132 Å². The Kier molecular flexibility index (Phi) is 8.04. The Morgan fingerprint density at radius 1 is 1.23 bits per heavy atom. The molecule has 0 spiro atoms. The number of amides is 1. The van der Waals surface area contributed by atoms with Crippen LogP contribution in [0.1, 0.15) is 32.3 Å². The minimum Gasteiger partial charge on any atom is -0.466 e. The average Bonchev–Trinajstić information content (AvgIpc) is 2.50. The van der Waals surface area contributed by atoms with Crippen LogP contribution in [0.5, 0.6) is 0 Å². The number of rotatable bonds is 9. The van der Waals surface area contributed by atoms with Gasteiger partial charge in [-0.05, 0) is 38.8 Å². The second kappa shape index (κ2) is 9.82. The first kappa shape index (κ1) is 18.0. The first-order valence-electron chi connectivity index (χ1n) is 7.81. The largest absolute Gasteiger partial charge is 0.466 e. The number of benzene rings is 1. The molecule has 1 aromatic rings. The van der Waals surface area contributed by atoms with Crippen molar-refractivity contribution in [2.75, 3.05) is 31.1 Å². The number of carbonyl (C=O) groups excluding carboxylic acids is 2. The summed E-state index contributed by atoms with van der Waals surface area (Å²) in [6, 6.07) is 8.02. The fourth-order valence-electron chi connectivity index (χ4n) is 2.21. The highest BCUT2D eigenvalue weighted by molar-refractivity contribution is 5.81. The van der Waals surface area contributed by atoms with Crippen LogP contribution < -0.4 is 10.2 Å². The molecule has 0 unspecified atom stereocenters. The summed E-state index contributed by atoms with van der Waals surface area (Å²) in [7, 11) is 0. The SMILES string of the molecule is CCOC(=O)CCCNC(=O)CN(CC)c1ccccc1C. The monoisotopic (exact) mass is 306 g/mol. The molecule has 1 rings (SSSR count). The third-order valence-electron chi connectivity index (χ3n) is 3.36. The molecule has 0 radical (unpaired) electrons. The van der Waals surface area contributed by atoms with Crippen molar-refractivity contribution in [2.24, 2.45) is 0 Å². The smallest absolute Gasteiger partial charge is 0.305 e. The van der Waals surface area contributed by atoms with Gasteiger partial charge in [-0.2, -0.15) is 0 Å². The number of hydrogen-bond donors (Lipinski definition) is 1. The Hall–Kier alpha value is -2.04. The fraction of sp³-hybridized carbons (Fsp3) is 0.529. The maximum Gasteiger partial charge on any atom is 0.305 e. The molecule has 5 nitrogen and oxygen atoms in total. The third-order valence-corrected chi connectivity index (χ3v) is 3.36. The standard InChI is InChI=1S/C17H26N2O3/c1-4-19(15-10-7-6-9-14(15)3)13-16(20)18-12-8-11-17(21)22-5-2/h6-7,9-10H,4-5,8,11-13H2,1-3H3,(H,18,20). The summed E-state index contributed by atoms with van der Waals surface area (Å²) in [6.45, 7) is 7.82. The maximum absolute atomic E-state index is 12.0. The van der Waals surface area contributed by atoms with E-state index in [0.717, 1.165) is 17.8 Å². The molecule has 0 saturated carbocycles. The van der Waals surface area contributed by atoms with Crippen LogP contribution >= 0.6 is 0 Å². The molecular weight excluding hydrogens is 280 g/mol. The predicted molar refractivity (Wildman–Crippen MR) is 87.9 cm³/mol. The van der Waals surface area contributed by atoms with Gasteiger partial charge in [0, 0.05) is 25.2 Å². The van der Waals surface area contributed by atoms with Crippen molar-refractivity contribution in [1.29, 1.82) is 0 Å². The van der Waals surface area contributed by atoms with Gasteiger partial charge in [0.1, 0.15) is 0 Å². The number of esters is 1. The van der Waals surface area contributed by atoms with Gasteiger partial charge in [0.05, 0.1) is 13.2 Å². The van der Waals surface area contributed by atoms with Crippen molar-refractivity contribution < 1.29 is 14.3 Å². The normalized spacial score (nSPS) is 10.1. The van der Waals surface area contributed by atoms with Gasteiger partial charge in [0.25, 0.3) is 0 Å². The van der Waals surface area contributed by atoms with E-state index in [2.05, 4.69) is 5.32 Å². The maximum atomic E-state index is 12.0. The lowest BCUT2D eigenvalue weighted by Gasteiger charge is -2.24. The molecule has 22 heavy (non-hydrogen) atoms. The van der Waals surface area contributed by atoms with Crippen molar-refractivity contribution >= 4 is 17.6 Å². The molecular formula is C17H26N2O3. The number of carbonyl (C=O) groups is 2. The highest BCUT2D eigenvalue weighted by atomic mass is 16.5. The van der Waals surface area contributed by atoms with Crippen LogP contribution in [0.4, 0.5) is 5.69 Å². The minimum absolute atomic E-state index is 0.0334. The van der Waals surface area contributed by atoms with Gasteiger partial charge in [0.15, 0.2) is 0 Å². The van der Waals surface area contributed by atoms with E-state index >= 15 is 0 Å². The summed E-state index contributed by atoms with van der Waals surface area (Å²) in [5.41, 5.74) is 2.23. The second-order valence-electron chi connectivity index (χ2n) is 5.06. The van der Waals surface area contributed by atoms with E-state index in [9.17, 15) is 9.59 Å². The molecule has 122 valence electrons. The van der Waals surface area contributed by atoms with E-state index in [1.165, 1.54) is 0 Å².